The van der Waals surface area contributed by atoms with E-state index in [9.17, 15) is 0 Å². The minimum atomic E-state index is -0.190. The van der Waals surface area contributed by atoms with Crippen LogP contribution in [0.4, 0.5) is 0 Å². The van der Waals surface area contributed by atoms with Gasteiger partial charge in [-0.2, -0.15) is 0 Å². The van der Waals surface area contributed by atoms with Crippen LogP contribution in [0.3, 0.4) is 0 Å². The van der Waals surface area contributed by atoms with Gasteiger partial charge in [0, 0.05) is 6.20 Å². The van der Waals surface area contributed by atoms with Crippen molar-refractivity contribution >= 4 is 17.7 Å². The van der Waals surface area contributed by atoms with Gasteiger partial charge < -0.3 is 9.26 Å². The summed E-state index contributed by atoms with van der Waals surface area (Å²) in [6.45, 7) is 6.58. The molecule has 3 rings (SSSR count). The zero-order valence-corrected chi connectivity index (χ0v) is 13.1. The van der Waals surface area contributed by atoms with E-state index in [1.54, 1.807) is 18.0 Å². The Morgan fingerprint density at radius 1 is 1.33 bits per heavy atom. The maximum atomic E-state index is 5.71. The fraction of sp³-hybridized carbons (Fsp3) is 0.400. The number of pyridine rings is 1. The average Bonchev–Trinajstić information content (AvgIpc) is 3.00. The molecule has 6 heteroatoms. The van der Waals surface area contributed by atoms with Crippen LogP contribution < -0.4 is 0 Å². The summed E-state index contributed by atoms with van der Waals surface area (Å²) in [6.07, 6.45) is 1.78. The fourth-order valence-corrected chi connectivity index (χ4v) is 2.86. The minimum Gasteiger partial charge on any atom is -0.475 e. The van der Waals surface area contributed by atoms with Crippen molar-refractivity contribution < 1.29 is 9.26 Å². The molecule has 0 unspecified atom stereocenters. The minimum absolute atomic E-state index is 0.190. The summed E-state index contributed by atoms with van der Waals surface area (Å²) in [4.78, 5) is 8.90. The second-order valence-corrected chi connectivity index (χ2v) is 6.54. The first-order valence-electron chi connectivity index (χ1n) is 6.77. The number of thioether (sulfide) groups is 1. The molecular formula is C15H17N3O2S. The summed E-state index contributed by atoms with van der Waals surface area (Å²) in [5, 5.41) is 5.00. The molecular weight excluding hydrogens is 286 g/mol. The Kier molecular flexibility index (Phi) is 3.71. The predicted molar refractivity (Wildman–Crippen MR) is 81.6 cm³/mol. The molecule has 0 fully saturated rings. The highest BCUT2D eigenvalue weighted by molar-refractivity contribution is 7.98. The Hall–Kier alpha value is -1.82. The van der Waals surface area contributed by atoms with Gasteiger partial charge in [-0.3, -0.25) is 0 Å². The van der Waals surface area contributed by atoms with Crippen LogP contribution in [-0.2, 0) is 10.5 Å². The lowest BCUT2D eigenvalue weighted by Gasteiger charge is -2.07. The molecule has 3 heterocycles. The molecule has 0 radical (unpaired) electrons. The molecule has 0 saturated carbocycles. The summed E-state index contributed by atoms with van der Waals surface area (Å²) >= 11 is 1.60. The maximum absolute atomic E-state index is 5.71. The summed E-state index contributed by atoms with van der Waals surface area (Å²) in [5.74, 6) is 2.06. The van der Waals surface area contributed by atoms with E-state index in [0.717, 1.165) is 22.0 Å². The highest BCUT2D eigenvalue weighted by Gasteiger charge is 2.31. The van der Waals surface area contributed by atoms with Crippen molar-refractivity contribution in [2.45, 2.75) is 37.1 Å². The first kappa shape index (κ1) is 14.1. The van der Waals surface area contributed by atoms with E-state index in [1.165, 1.54) is 0 Å². The van der Waals surface area contributed by atoms with Crippen LogP contribution in [0, 0.1) is 6.92 Å². The molecule has 0 spiro atoms. The number of hydrogen-bond donors (Lipinski definition) is 0. The van der Waals surface area contributed by atoms with Gasteiger partial charge in [0.2, 0.25) is 5.90 Å². The molecule has 110 valence electrons. The zero-order valence-electron chi connectivity index (χ0n) is 12.3. The molecule has 0 amide bonds. The second kappa shape index (κ2) is 5.52. The van der Waals surface area contributed by atoms with Gasteiger partial charge in [0.1, 0.15) is 12.2 Å². The van der Waals surface area contributed by atoms with Crippen molar-refractivity contribution in [1.82, 2.24) is 10.1 Å². The largest absolute Gasteiger partial charge is 0.475 e. The third kappa shape index (κ3) is 3.10. The van der Waals surface area contributed by atoms with Gasteiger partial charge in [-0.15, -0.1) is 0 Å². The summed E-state index contributed by atoms with van der Waals surface area (Å²) in [7, 11) is 0. The molecule has 0 aromatic carbocycles. The van der Waals surface area contributed by atoms with E-state index >= 15 is 0 Å². The molecule has 0 aliphatic carbocycles. The Labute approximate surface area is 127 Å². The first-order chi connectivity index (χ1) is 10.1. The normalized spacial score (nSPS) is 16.6. The quantitative estimate of drug-likeness (QED) is 0.812. The summed E-state index contributed by atoms with van der Waals surface area (Å²) in [5.41, 5.74) is 1.50. The van der Waals surface area contributed by atoms with Crippen LogP contribution in [0.1, 0.15) is 30.9 Å². The fourth-order valence-electron chi connectivity index (χ4n) is 2.07. The van der Waals surface area contributed by atoms with E-state index in [0.29, 0.717) is 18.3 Å². The standard InChI is InChI=1S/C15H17N3O2S/c1-10-13(14-17-15(2,3)9-19-14)11(20-18-10)8-21-12-6-4-5-7-16-12/h4-7H,8-9H2,1-3H3. The summed E-state index contributed by atoms with van der Waals surface area (Å²) in [6, 6.07) is 5.84. The number of nitrogens with zero attached hydrogens (tertiary/aromatic N) is 3. The zero-order chi connectivity index (χ0) is 14.9. The molecule has 0 bridgehead atoms. The third-order valence-corrected chi connectivity index (χ3v) is 4.05. The highest BCUT2D eigenvalue weighted by Crippen LogP contribution is 2.28. The van der Waals surface area contributed by atoms with Gasteiger partial charge in [0.15, 0.2) is 5.76 Å². The Bertz CT molecular complexity index is 665. The van der Waals surface area contributed by atoms with Gasteiger partial charge in [0.25, 0.3) is 0 Å². The number of hydrogen-bond acceptors (Lipinski definition) is 6. The van der Waals surface area contributed by atoms with Crippen LogP contribution in [-0.4, -0.2) is 28.2 Å². The molecule has 0 saturated heterocycles. The number of ether oxygens (including phenoxy) is 1. The van der Waals surface area contributed by atoms with Gasteiger partial charge in [0.05, 0.1) is 22.0 Å². The maximum Gasteiger partial charge on any atom is 0.222 e. The van der Waals surface area contributed by atoms with E-state index in [-0.39, 0.29) is 5.54 Å². The lowest BCUT2D eigenvalue weighted by atomic mass is 10.1. The van der Waals surface area contributed by atoms with E-state index < -0.39 is 0 Å². The van der Waals surface area contributed by atoms with Crippen LogP contribution in [0.15, 0.2) is 38.9 Å². The van der Waals surface area contributed by atoms with Gasteiger partial charge in [-0.1, -0.05) is 23.0 Å². The van der Waals surface area contributed by atoms with E-state index in [2.05, 4.69) is 15.1 Å². The molecule has 0 N–H and O–H groups in total. The van der Waals surface area contributed by atoms with Crippen LogP contribution in [0.5, 0.6) is 0 Å². The van der Waals surface area contributed by atoms with E-state index in [1.807, 2.05) is 39.0 Å². The molecule has 21 heavy (non-hydrogen) atoms. The Balaban J connectivity index is 1.81. The molecule has 2 aromatic rings. The van der Waals surface area contributed by atoms with Crippen molar-refractivity contribution in [3.8, 4) is 0 Å². The monoisotopic (exact) mass is 303 g/mol. The summed E-state index contributed by atoms with van der Waals surface area (Å²) < 4.78 is 11.1. The van der Waals surface area contributed by atoms with Gasteiger partial charge in [-0.05, 0) is 32.9 Å². The smallest absolute Gasteiger partial charge is 0.222 e. The van der Waals surface area contributed by atoms with Gasteiger partial charge >= 0.3 is 0 Å². The Morgan fingerprint density at radius 2 is 2.19 bits per heavy atom. The van der Waals surface area contributed by atoms with Crippen LogP contribution in [0.2, 0.25) is 0 Å². The van der Waals surface area contributed by atoms with Crippen molar-refractivity contribution in [3.05, 3.63) is 41.4 Å². The Morgan fingerprint density at radius 3 is 2.86 bits per heavy atom. The lowest BCUT2D eigenvalue weighted by molar-refractivity contribution is 0.279. The number of aromatic nitrogens is 2. The van der Waals surface area contributed by atoms with Crippen LogP contribution >= 0.6 is 11.8 Å². The first-order valence-corrected chi connectivity index (χ1v) is 7.76. The predicted octanol–water partition coefficient (Wildman–Crippen LogP) is 3.23. The average molecular weight is 303 g/mol. The van der Waals surface area contributed by atoms with Gasteiger partial charge in [-0.25, -0.2) is 9.98 Å². The third-order valence-electron chi connectivity index (χ3n) is 3.10. The van der Waals surface area contributed by atoms with Crippen molar-refractivity contribution in [3.63, 3.8) is 0 Å². The van der Waals surface area contributed by atoms with Crippen molar-refractivity contribution in [1.29, 1.82) is 0 Å². The number of aliphatic imine (C=N–C) groups is 1. The molecule has 0 atom stereocenters. The molecule has 5 nitrogen and oxygen atoms in total. The lowest BCUT2D eigenvalue weighted by Crippen LogP contribution is -2.17. The molecule has 1 aliphatic rings. The molecule has 2 aromatic heterocycles. The highest BCUT2D eigenvalue weighted by atomic mass is 32.2. The van der Waals surface area contributed by atoms with Crippen LogP contribution in [0.25, 0.3) is 0 Å². The number of aryl methyl sites for hydroxylation is 1. The van der Waals surface area contributed by atoms with Crippen molar-refractivity contribution in [2.24, 2.45) is 4.99 Å². The molecule has 1 aliphatic heterocycles. The van der Waals surface area contributed by atoms with Crippen molar-refractivity contribution in [2.75, 3.05) is 6.61 Å². The number of rotatable bonds is 4. The van der Waals surface area contributed by atoms with E-state index in [4.69, 9.17) is 9.26 Å². The second-order valence-electron chi connectivity index (χ2n) is 5.54. The topological polar surface area (TPSA) is 60.5 Å². The SMILES string of the molecule is Cc1noc(CSc2ccccn2)c1C1=NC(C)(C)CO1.